The molecule has 4 heterocycles. The van der Waals surface area contributed by atoms with Crippen molar-refractivity contribution >= 4 is 17.3 Å². The monoisotopic (exact) mass is 332 g/mol. The Bertz CT molecular complexity index is 1010. The van der Waals surface area contributed by atoms with Gasteiger partial charge in [0, 0.05) is 44.4 Å². The summed E-state index contributed by atoms with van der Waals surface area (Å²) in [4.78, 5) is 19.2. The highest BCUT2D eigenvalue weighted by Crippen LogP contribution is 2.29. The van der Waals surface area contributed by atoms with E-state index < -0.39 is 0 Å². The lowest BCUT2D eigenvalue weighted by Crippen LogP contribution is -2.18. The summed E-state index contributed by atoms with van der Waals surface area (Å²) in [6.45, 7) is 0.687. The first-order valence-electron chi connectivity index (χ1n) is 7.73. The van der Waals surface area contributed by atoms with E-state index in [2.05, 4.69) is 25.0 Å². The number of nitrogens with zero attached hydrogens (tertiary/aromatic N) is 7. The Balaban J connectivity index is 1.70. The number of pyridine rings is 1. The molecular weight excluding hydrogens is 316 g/mol. The average molecular weight is 332 g/mol. The number of nitrogens with two attached hydrogens (primary N) is 1. The lowest BCUT2D eigenvalue weighted by atomic mass is 10.2. The van der Waals surface area contributed by atoms with Crippen LogP contribution in [0.5, 0.6) is 0 Å². The van der Waals surface area contributed by atoms with E-state index in [1.54, 1.807) is 29.2 Å². The van der Waals surface area contributed by atoms with Gasteiger partial charge in [-0.1, -0.05) is 6.07 Å². The minimum atomic E-state index is 0.387. The molecule has 0 aliphatic rings. The van der Waals surface area contributed by atoms with Crippen molar-refractivity contribution in [3.63, 3.8) is 0 Å². The van der Waals surface area contributed by atoms with Gasteiger partial charge in [-0.05, 0) is 17.7 Å². The van der Waals surface area contributed by atoms with Crippen LogP contribution in [0, 0.1) is 0 Å². The summed E-state index contributed by atoms with van der Waals surface area (Å²) < 4.78 is 1.64. The summed E-state index contributed by atoms with van der Waals surface area (Å²) in [5.74, 6) is 1.17. The third-order valence-electron chi connectivity index (χ3n) is 3.86. The molecule has 124 valence electrons. The van der Waals surface area contributed by atoms with Gasteiger partial charge in [0.15, 0.2) is 11.5 Å². The van der Waals surface area contributed by atoms with E-state index in [-0.39, 0.29) is 0 Å². The first kappa shape index (κ1) is 15.0. The molecule has 0 aliphatic carbocycles. The highest BCUT2D eigenvalue weighted by molar-refractivity contribution is 5.84. The van der Waals surface area contributed by atoms with Crippen molar-refractivity contribution in [2.24, 2.45) is 0 Å². The molecule has 0 fully saturated rings. The van der Waals surface area contributed by atoms with Crippen LogP contribution in [0.2, 0.25) is 0 Å². The number of hydrogen-bond acceptors (Lipinski definition) is 7. The van der Waals surface area contributed by atoms with Crippen LogP contribution in [0.4, 0.5) is 11.6 Å². The molecule has 0 radical (unpaired) electrons. The smallest absolute Gasteiger partial charge is 0.166 e. The summed E-state index contributed by atoms with van der Waals surface area (Å²) in [7, 11) is 1.97. The van der Waals surface area contributed by atoms with Gasteiger partial charge in [0.05, 0.1) is 11.3 Å². The van der Waals surface area contributed by atoms with Crippen LogP contribution in [0.25, 0.3) is 16.9 Å². The first-order valence-corrected chi connectivity index (χ1v) is 7.73. The second-order valence-corrected chi connectivity index (χ2v) is 5.63. The highest BCUT2D eigenvalue weighted by atomic mass is 15.3. The number of anilines is 2. The minimum Gasteiger partial charge on any atom is -0.382 e. The molecule has 0 saturated heterocycles. The van der Waals surface area contributed by atoms with Gasteiger partial charge in [-0.25, -0.2) is 19.5 Å². The van der Waals surface area contributed by atoms with Crippen molar-refractivity contribution < 1.29 is 0 Å². The zero-order chi connectivity index (χ0) is 17.2. The second kappa shape index (κ2) is 6.16. The molecule has 0 bridgehead atoms. The van der Waals surface area contributed by atoms with Gasteiger partial charge in [-0.15, -0.1) is 5.10 Å². The van der Waals surface area contributed by atoms with Gasteiger partial charge in [0.25, 0.3) is 0 Å². The Morgan fingerprint density at radius 3 is 2.92 bits per heavy atom. The van der Waals surface area contributed by atoms with Crippen LogP contribution in [-0.2, 0) is 6.54 Å². The Kier molecular flexibility index (Phi) is 3.70. The molecule has 4 aromatic heterocycles. The molecule has 4 aromatic rings. The third-order valence-corrected chi connectivity index (χ3v) is 3.86. The number of hydrogen-bond donors (Lipinski definition) is 1. The molecule has 0 spiro atoms. The van der Waals surface area contributed by atoms with E-state index in [0.717, 1.165) is 11.4 Å². The van der Waals surface area contributed by atoms with E-state index in [1.807, 2.05) is 36.3 Å². The lowest BCUT2D eigenvalue weighted by Gasteiger charge is -2.18. The van der Waals surface area contributed by atoms with Gasteiger partial charge >= 0.3 is 0 Å². The quantitative estimate of drug-likeness (QED) is 0.608. The van der Waals surface area contributed by atoms with Crippen LogP contribution in [-0.4, -0.2) is 36.6 Å². The summed E-state index contributed by atoms with van der Waals surface area (Å²) in [6.07, 6.45) is 8.63. The maximum atomic E-state index is 6.08. The summed E-state index contributed by atoms with van der Waals surface area (Å²) in [5.41, 5.74) is 9.24. The molecule has 0 atom stereocenters. The fourth-order valence-corrected chi connectivity index (χ4v) is 2.69. The summed E-state index contributed by atoms with van der Waals surface area (Å²) in [5, 5.41) is 4.28. The normalized spacial score (nSPS) is 10.9. The zero-order valence-corrected chi connectivity index (χ0v) is 13.6. The van der Waals surface area contributed by atoms with E-state index >= 15 is 0 Å². The maximum absolute atomic E-state index is 6.08. The molecule has 0 amide bonds. The van der Waals surface area contributed by atoms with Crippen molar-refractivity contribution in [1.29, 1.82) is 0 Å². The topological polar surface area (TPSA) is 98.1 Å². The molecule has 0 aliphatic heterocycles. The SMILES string of the molecule is CN(Cc1cccnc1)c1cc(-c2c(N)nn3cccnc23)ncn1. The van der Waals surface area contributed by atoms with E-state index in [9.17, 15) is 0 Å². The van der Waals surface area contributed by atoms with E-state index in [0.29, 0.717) is 29.3 Å². The predicted octanol–water partition coefficient (Wildman–Crippen LogP) is 1.80. The minimum absolute atomic E-state index is 0.387. The molecule has 0 saturated carbocycles. The third kappa shape index (κ3) is 2.85. The predicted molar refractivity (Wildman–Crippen MR) is 94.8 cm³/mol. The van der Waals surface area contributed by atoms with Crippen LogP contribution in [0.1, 0.15) is 5.56 Å². The molecule has 8 heteroatoms. The number of aromatic nitrogens is 6. The van der Waals surface area contributed by atoms with Gasteiger partial charge in [0.1, 0.15) is 12.1 Å². The molecule has 25 heavy (non-hydrogen) atoms. The molecule has 2 N–H and O–H groups in total. The Hall–Kier alpha value is -3.55. The van der Waals surface area contributed by atoms with Crippen LogP contribution >= 0.6 is 0 Å². The van der Waals surface area contributed by atoms with Crippen molar-refractivity contribution in [1.82, 2.24) is 29.5 Å². The number of rotatable bonds is 4. The molecular formula is C17H16N8. The second-order valence-electron chi connectivity index (χ2n) is 5.63. The Morgan fingerprint density at radius 2 is 2.08 bits per heavy atom. The largest absolute Gasteiger partial charge is 0.382 e. The molecule has 0 unspecified atom stereocenters. The standard InChI is InChI=1S/C17H16N8/c1-24(10-12-4-2-5-19-9-12)14-8-13(21-11-22-14)15-16(18)23-25-7-3-6-20-17(15)25/h2-9,11H,10H2,1H3,(H2,18,23). The average Bonchev–Trinajstić information content (AvgIpc) is 2.98. The first-order chi connectivity index (χ1) is 12.2. The molecule has 4 rings (SSSR count). The zero-order valence-electron chi connectivity index (χ0n) is 13.6. The highest BCUT2D eigenvalue weighted by Gasteiger charge is 2.16. The van der Waals surface area contributed by atoms with Gasteiger partial charge < -0.3 is 10.6 Å². The van der Waals surface area contributed by atoms with Crippen molar-refractivity contribution in [3.8, 4) is 11.3 Å². The van der Waals surface area contributed by atoms with Gasteiger partial charge in [-0.2, -0.15) is 0 Å². The Labute approximate surface area is 144 Å². The van der Waals surface area contributed by atoms with E-state index in [1.165, 1.54) is 6.33 Å². The van der Waals surface area contributed by atoms with Crippen LogP contribution in [0.3, 0.4) is 0 Å². The van der Waals surface area contributed by atoms with Crippen molar-refractivity contribution in [3.05, 3.63) is 60.9 Å². The van der Waals surface area contributed by atoms with Crippen LogP contribution < -0.4 is 10.6 Å². The molecule has 0 aromatic carbocycles. The summed E-state index contributed by atoms with van der Waals surface area (Å²) in [6, 6.07) is 7.63. The maximum Gasteiger partial charge on any atom is 0.166 e. The van der Waals surface area contributed by atoms with Gasteiger partial charge in [0.2, 0.25) is 0 Å². The summed E-state index contributed by atoms with van der Waals surface area (Å²) >= 11 is 0. The number of nitrogen functional groups attached to an aromatic ring is 1. The van der Waals surface area contributed by atoms with Crippen LogP contribution in [0.15, 0.2) is 55.4 Å². The lowest BCUT2D eigenvalue weighted by molar-refractivity contribution is 0.886. The van der Waals surface area contributed by atoms with Gasteiger partial charge in [-0.3, -0.25) is 4.98 Å². The van der Waals surface area contributed by atoms with E-state index in [4.69, 9.17) is 5.73 Å². The fraction of sp³-hybridized carbons (Fsp3) is 0.118. The Morgan fingerprint density at radius 1 is 1.16 bits per heavy atom. The van der Waals surface area contributed by atoms with Crippen molar-refractivity contribution in [2.75, 3.05) is 17.7 Å². The molecule has 8 nitrogen and oxygen atoms in total. The fourth-order valence-electron chi connectivity index (χ4n) is 2.69. The number of fused-ring (bicyclic) bond motifs is 1. The van der Waals surface area contributed by atoms with Crippen molar-refractivity contribution in [2.45, 2.75) is 6.54 Å².